The summed E-state index contributed by atoms with van der Waals surface area (Å²) < 4.78 is 0. The third-order valence-corrected chi connectivity index (χ3v) is 3.25. The summed E-state index contributed by atoms with van der Waals surface area (Å²) in [5.41, 5.74) is 2.57. The first-order valence-electron chi connectivity index (χ1n) is 6.13. The van der Waals surface area contributed by atoms with Gasteiger partial charge in [-0.3, -0.25) is 4.98 Å². The van der Waals surface area contributed by atoms with Crippen molar-refractivity contribution in [2.45, 2.75) is 19.9 Å². The van der Waals surface area contributed by atoms with Gasteiger partial charge >= 0.3 is 0 Å². The van der Waals surface area contributed by atoms with E-state index in [9.17, 15) is 0 Å². The van der Waals surface area contributed by atoms with Crippen LogP contribution >= 0.6 is 11.8 Å². The molecular weight excluding hydrogens is 230 g/mol. The Balaban J connectivity index is 2.62. The zero-order valence-electron chi connectivity index (χ0n) is 11.1. The summed E-state index contributed by atoms with van der Waals surface area (Å²) in [6, 6.07) is 2.10. The number of rotatable bonds is 8. The molecule has 1 heterocycles. The molecule has 0 atom stereocenters. The van der Waals surface area contributed by atoms with Crippen molar-refractivity contribution in [2.24, 2.45) is 0 Å². The zero-order chi connectivity index (χ0) is 12.5. The fraction of sp³-hybridized carbons (Fsp3) is 0.615. The molecule has 0 amide bonds. The quantitative estimate of drug-likeness (QED) is 0.720. The van der Waals surface area contributed by atoms with Crippen LogP contribution in [-0.2, 0) is 6.54 Å². The van der Waals surface area contributed by atoms with E-state index in [0.29, 0.717) is 0 Å². The van der Waals surface area contributed by atoms with E-state index in [1.54, 1.807) is 0 Å². The minimum Gasteiger partial charge on any atom is -0.373 e. The summed E-state index contributed by atoms with van der Waals surface area (Å²) in [7, 11) is 2.15. The summed E-state index contributed by atoms with van der Waals surface area (Å²) in [5, 5.41) is 3.43. The highest BCUT2D eigenvalue weighted by molar-refractivity contribution is 7.98. The Hall–Kier alpha value is -0.740. The second kappa shape index (κ2) is 8.37. The van der Waals surface area contributed by atoms with Gasteiger partial charge in [-0.05, 0) is 25.3 Å². The highest BCUT2D eigenvalue weighted by Crippen LogP contribution is 2.18. The number of aromatic nitrogens is 1. The van der Waals surface area contributed by atoms with Gasteiger partial charge in [-0.1, -0.05) is 6.92 Å². The Morgan fingerprint density at radius 3 is 3.00 bits per heavy atom. The van der Waals surface area contributed by atoms with Crippen molar-refractivity contribution in [3.63, 3.8) is 0 Å². The van der Waals surface area contributed by atoms with Gasteiger partial charge < -0.3 is 10.2 Å². The van der Waals surface area contributed by atoms with Crippen LogP contribution in [0.25, 0.3) is 0 Å². The number of hydrogen-bond donors (Lipinski definition) is 1. The van der Waals surface area contributed by atoms with Crippen molar-refractivity contribution in [3.05, 3.63) is 24.0 Å². The molecule has 0 saturated heterocycles. The molecule has 0 aliphatic rings. The summed E-state index contributed by atoms with van der Waals surface area (Å²) in [6.45, 7) is 5.22. The normalized spacial score (nSPS) is 10.5. The predicted molar refractivity (Wildman–Crippen MR) is 77.9 cm³/mol. The maximum absolute atomic E-state index is 4.21. The Morgan fingerprint density at radius 2 is 2.29 bits per heavy atom. The van der Waals surface area contributed by atoms with Crippen LogP contribution in [0, 0.1) is 0 Å². The molecule has 0 spiro atoms. The number of hydrogen-bond acceptors (Lipinski definition) is 4. The summed E-state index contributed by atoms with van der Waals surface area (Å²) >= 11 is 1.88. The van der Waals surface area contributed by atoms with Crippen LogP contribution in [0.2, 0.25) is 0 Å². The maximum atomic E-state index is 4.21. The first kappa shape index (κ1) is 14.3. The van der Waals surface area contributed by atoms with Crippen LogP contribution in [0.5, 0.6) is 0 Å². The lowest BCUT2D eigenvalue weighted by Gasteiger charge is -2.22. The van der Waals surface area contributed by atoms with E-state index >= 15 is 0 Å². The van der Waals surface area contributed by atoms with Crippen LogP contribution in [0.3, 0.4) is 0 Å². The minimum atomic E-state index is 0.903. The monoisotopic (exact) mass is 253 g/mol. The van der Waals surface area contributed by atoms with Gasteiger partial charge in [0.2, 0.25) is 0 Å². The Morgan fingerprint density at radius 1 is 1.47 bits per heavy atom. The second-order valence-corrected chi connectivity index (χ2v) is 5.08. The summed E-state index contributed by atoms with van der Waals surface area (Å²) in [6.07, 6.45) is 7.14. The highest BCUT2D eigenvalue weighted by Gasteiger charge is 2.06. The van der Waals surface area contributed by atoms with Crippen LogP contribution in [0.4, 0.5) is 5.69 Å². The van der Waals surface area contributed by atoms with Gasteiger partial charge in [0.1, 0.15) is 0 Å². The van der Waals surface area contributed by atoms with Gasteiger partial charge in [-0.15, -0.1) is 0 Å². The smallest absolute Gasteiger partial charge is 0.0440 e. The van der Waals surface area contributed by atoms with E-state index in [4.69, 9.17) is 0 Å². The number of nitrogens with one attached hydrogen (secondary N) is 1. The van der Waals surface area contributed by atoms with Gasteiger partial charge in [0.05, 0.1) is 0 Å². The summed E-state index contributed by atoms with van der Waals surface area (Å²) in [4.78, 5) is 6.52. The SMILES string of the molecule is CCCNCc1cnccc1N(C)CCSC. The molecule has 0 aliphatic carbocycles. The van der Waals surface area contributed by atoms with E-state index in [-0.39, 0.29) is 0 Å². The standard InChI is InChI=1S/C13H23N3S/c1-4-6-14-10-12-11-15-7-5-13(12)16(2)8-9-17-3/h5,7,11,14H,4,6,8-10H2,1-3H3. The molecular formula is C13H23N3S. The fourth-order valence-corrected chi connectivity index (χ4v) is 2.13. The molecule has 0 aromatic carbocycles. The molecule has 0 saturated carbocycles. The van der Waals surface area contributed by atoms with Crippen molar-refractivity contribution in [3.8, 4) is 0 Å². The molecule has 1 aromatic heterocycles. The molecule has 4 heteroatoms. The second-order valence-electron chi connectivity index (χ2n) is 4.10. The van der Waals surface area contributed by atoms with Crippen molar-refractivity contribution < 1.29 is 0 Å². The van der Waals surface area contributed by atoms with Crippen molar-refractivity contribution in [2.75, 3.05) is 37.0 Å². The Bertz CT molecular complexity index is 317. The Labute approximate surface area is 109 Å². The van der Waals surface area contributed by atoms with Crippen molar-refractivity contribution in [1.29, 1.82) is 0 Å². The molecule has 0 bridgehead atoms. The lowest BCUT2D eigenvalue weighted by atomic mass is 10.2. The molecule has 0 unspecified atom stereocenters. The number of pyridine rings is 1. The first-order valence-corrected chi connectivity index (χ1v) is 7.52. The lowest BCUT2D eigenvalue weighted by Crippen LogP contribution is -2.23. The Kier molecular flexibility index (Phi) is 7.05. The van der Waals surface area contributed by atoms with Crippen molar-refractivity contribution in [1.82, 2.24) is 10.3 Å². The number of nitrogens with zero attached hydrogens (tertiary/aromatic N) is 2. The van der Waals surface area contributed by atoms with E-state index in [1.807, 2.05) is 24.2 Å². The average Bonchev–Trinajstić information content (AvgIpc) is 2.37. The average molecular weight is 253 g/mol. The van der Waals surface area contributed by atoms with Crippen LogP contribution in [-0.4, -0.2) is 37.1 Å². The first-order chi connectivity index (χ1) is 8.29. The molecule has 17 heavy (non-hydrogen) atoms. The zero-order valence-corrected chi connectivity index (χ0v) is 11.9. The van der Waals surface area contributed by atoms with Gasteiger partial charge in [-0.25, -0.2) is 0 Å². The van der Waals surface area contributed by atoms with E-state index in [1.165, 1.54) is 11.3 Å². The van der Waals surface area contributed by atoms with Gasteiger partial charge in [0, 0.05) is 49.5 Å². The van der Waals surface area contributed by atoms with E-state index in [0.717, 1.165) is 31.8 Å². The van der Waals surface area contributed by atoms with Crippen LogP contribution < -0.4 is 10.2 Å². The number of anilines is 1. The van der Waals surface area contributed by atoms with Crippen molar-refractivity contribution >= 4 is 17.4 Å². The van der Waals surface area contributed by atoms with E-state index in [2.05, 4.69) is 41.5 Å². The molecule has 1 rings (SSSR count). The van der Waals surface area contributed by atoms with Gasteiger partial charge in [0.15, 0.2) is 0 Å². The topological polar surface area (TPSA) is 28.2 Å². The lowest BCUT2D eigenvalue weighted by molar-refractivity contribution is 0.672. The number of thioether (sulfide) groups is 1. The molecule has 0 radical (unpaired) electrons. The molecule has 3 nitrogen and oxygen atoms in total. The molecule has 96 valence electrons. The molecule has 1 N–H and O–H groups in total. The maximum Gasteiger partial charge on any atom is 0.0440 e. The third kappa shape index (κ3) is 4.96. The molecule has 1 aromatic rings. The van der Waals surface area contributed by atoms with Gasteiger partial charge in [0.25, 0.3) is 0 Å². The largest absolute Gasteiger partial charge is 0.373 e. The third-order valence-electron chi connectivity index (χ3n) is 2.66. The fourth-order valence-electron chi connectivity index (χ4n) is 1.68. The molecule has 0 fully saturated rings. The van der Waals surface area contributed by atoms with Crippen LogP contribution in [0.1, 0.15) is 18.9 Å². The predicted octanol–water partition coefficient (Wildman–Crippen LogP) is 2.38. The van der Waals surface area contributed by atoms with Gasteiger partial charge in [-0.2, -0.15) is 11.8 Å². The summed E-state index contributed by atoms with van der Waals surface area (Å²) in [5.74, 6) is 1.15. The van der Waals surface area contributed by atoms with Crippen LogP contribution in [0.15, 0.2) is 18.5 Å². The molecule has 0 aliphatic heterocycles. The minimum absolute atomic E-state index is 0.903. The van der Waals surface area contributed by atoms with E-state index < -0.39 is 0 Å². The highest BCUT2D eigenvalue weighted by atomic mass is 32.2.